The largest absolute Gasteiger partial charge is 0.350 e. The topological polar surface area (TPSA) is 84.0 Å². The molecule has 3 rings (SSSR count). The van der Waals surface area contributed by atoms with Gasteiger partial charge in [-0.15, -0.1) is 0 Å². The Bertz CT molecular complexity index is 826. The van der Waals surface area contributed by atoms with Crippen LogP contribution in [0.4, 0.5) is 17.5 Å². The number of aromatic nitrogens is 2. The van der Waals surface area contributed by atoms with Gasteiger partial charge in [-0.25, -0.2) is 13.4 Å². The third-order valence-electron chi connectivity index (χ3n) is 3.67. The van der Waals surface area contributed by atoms with E-state index in [2.05, 4.69) is 20.6 Å². The Balaban J connectivity index is 1.72. The van der Waals surface area contributed by atoms with E-state index in [9.17, 15) is 8.42 Å². The van der Waals surface area contributed by atoms with Crippen molar-refractivity contribution < 1.29 is 8.42 Å². The van der Waals surface area contributed by atoms with Crippen LogP contribution in [0.3, 0.4) is 0 Å². The highest BCUT2D eigenvalue weighted by Gasteiger charge is 2.28. The van der Waals surface area contributed by atoms with Crippen LogP contribution < -0.4 is 10.6 Å². The lowest BCUT2D eigenvalue weighted by atomic mass is 10.2. The highest BCUT2D eigenvalue weighted by Crippen LogP contribution is 2.23. The smallest absolute Gasteiger partial charge is 0.224 e. The molecule has 8 heteroatoms. The fraction of sp³-hybridized carbons (Fsp3) is 0.333. The molecule has 2 heterocycles. The van der Waals surface area contributed by atoms with Gasteiger partial charge in [0.1, 0.15) is 5.82 Å². The Morgan fingerprint density at radius 2 is 2.13 bits per heavy atom. The molecule has 6 nitrogen and oxygen atoms in total. The molecule has 1 aromatic carbocycles. The Labute approximate surface area is 140 Å². The van der Waals surface area contributed by atoms with Crippen LogP contribution in [0, 0.1) is 6.92 Å². The average molecular weight is 353 g/mol. The summed E-state index contributed by atoms with van der Waals surface area (Å²) in [6.07, 6.45) is 2.21. The van der Waals surface area contributed by atoms with Gasteiger partial charge in [-0.2, -0.15) is 4.98 Å². The Morgan fingerprint density at radius 1 is 1.30 bits per heavy atom. The van der Waals surface area contributed by atoms with E-state index < -0.39 is 9.84 Å². The van der Waals surface area contributed by atoms with Crippen molar-refractivity contribution in [3.63, 3.8) is 0 Å². The molecule has 0 saturated carbocycles. The summed E-state index contributed by atoms with van der Waals surface area (Å²) in [5.41, 5.74) is 1.91. The van der Waals surface area contributed by atoms with Crippen LogP contribution in [0.1, 0.15) is 12.0 Å². The molecule has 1 aliphatic rings. The van der Waals surface area contributed by atoms with E-state index in [0.29, 0.717) is 23.2 Å². The zero-order chi connectivity index (χ0) is 16.4. The number of rotatable bonds is 4. The summed E-state index contributed by atoms with van der Waals surface area (Å²) in [6.45, 7) is 1.96. The summed E-state index contributed by atoms with van der Waals surface area (Å²) >= 11 is 5.95. The molecule has 0 aliphatic carbocycles. The number of hydrogen-bond acceptors (Lipinski definition) is 6. The van der Waals surface area contributed by atoms with E-state index in [1.165, 1.54) is 0 Å². The van der Waals surface area contributed by atoms with Crippen molar-refractivity contribution in [3.05, 3.63) is 41.0 Å². The molecule has 1 fully saturated rings. The van der Waals surface area contributed by atoms with Crippen LogP contribution in [0.15, 0.2) is 30.5 Å². The summed E-state index contributed by atoms with van der Waals surface area (Å²) in [4.78, 5) is 8.53. The molecule has 2 N–H and O–H groups in total. The summed E-state index contributed by atoms with van der Waals surface area (Å²) < 4.78 is 23.0. The van der Waals surface area contributed by atoms with E-state index in [0.717, 1.165) is 11.3 Å². The first kappa shape index (κ1) is 16.0. The second-order valence-electron chi connectivity index (χ2n) is 5.59. The quantitative estimate of drug-likeness (QED) is 0.880. The lowest BCUT2D eigenvalue weighted by molar-refractivity contribution is 0.602. The number of hydrogen-bond donors (Lipinski definition) is 2. The first-order valence-corrected chi connectivity index (χ1v) is 9.44. The summed E-state index contributed by atoms with van der Waals surface area (Å²) in [7, 11) is -2.93. The minimum absolute atomic E-state index is 0.129. The molecule has 1 saturated heterocycles. The van der Waals surface area contributed by atoms with Gasteiger partial charge >= 0.3 is 0 Å². The molecule has 0 radical (unpaired) electrons. The number of halogens is 1. The number of sulfone groups is 1. The second kappa shape index (κ2) is 6.33. The Hall–Kier alpha value is -1.86. The molecule has 1 unspecified atom stereocenters. The highest BCUT2D eigenvalue weighted by atomic mass is 35.5. The molecule has 23 heavy (non-hydrogen) atoms. The highest BCUT2D eigenvalue weighted by molar-refractivity contribution is 7.91. The minimum atomic E-state index is -2.93. The minimum Gasteiger partial charge on any atom is -0.350 e. The maximum atomic E-state index is 11.5. The van der Waals surface area contributed by atoms with Crippen LogP contribution in [-0.2, 0) is 9.84 Å². The van der Waals surface area contributed by atoms with E-state index in [1.54, 1.807) is 18.3 Å². The van der Waals surface area contributed by atoms with Crippen LogP contribution in [0.2, 0.25) is 5.02 Å². The van der Waals surface area contributed by atoms with Gasteiger partial charge in [0.25, 0.3) is 0 Å². The number of nitrogens with zero attached hydrogens (tertiary/aromatic N) is 2. The SMILES string of the molecule is Cc1cc(Cl)ccc1Nc1ccnc(NC2CCS(=O)(=O)C2)n1. The fourth-order valence-electron chi connectivity index (χ4n) is 2.49. The van der Waals surface area contributed by atoms with E-state index >= 15 is 0 Å². The first-order chi connectivity index (χ1) is 10.9. The summed E-state index contributed by atoms with van der Waals surface area (Å²) in [6, 6.07) is 7.18. The van der Waals surface area contributed by atoms with Crippen LogP contribution in [-0.4, -0.2) is 35.9 Å². The Morgan fingerprint density at radius 3 is 2.83 bits per heavy atom. The van der Waals surface area contributed by atoms with Crippen molar-refractivity contribution >= 4 is 38.9 Å². The Kier molecular flexibility index (Phi) is 4.41. The van der Waals surface area contributed by atoms with Crippen molar-refractivity contribution in [2.45, 2.75) is 19.4 Å². The van der Waals surface area contributed by atoms with Gasteiger partial charge in [0.15, 0.2) is 9.84 Å². The lowest BCUT2D eigenvalue weighted by Crippen LogP contribution is -2.22. The normalized spacial score (nSPS) is 19.5. The molecule has 1 aromatic heterocycles. The predicted molar refractivity (Wildman–Crippen MR) is 92.2 cm³/mol. The number of benzene rings is 1. The summed E-state index contributed by atoms with van der Waals surface area (Å²) in [5.74, 6) is 1.40. The molecule has 0 amide bonds. The van der Waals surface area contributed by atoms with Crippen molar-refractivity contribution in [2.24, 2.45) is 0 Å². The van der Waals surface area contributed by atoms with Crippen molar-refractivity contribution in [3.8, 4) is 0 Å². The molecule has 1 atom stereocenters. The number of anilines is 3. The summed E-state index contributed by atoms with van der Waals surface area (Å²) in [5, 5.41) is 6.98. The number of aryl methyl sites for hydroxylation is 1. The lowest BCUT2D eigenvalue weighted by Gasteiger charge is -2.13. The van der Waals surface area contributed by atoms with Gasteiger partial charge in [-0.05, 0) is 43.2 Å². The van der Waals surface area contributed by atoms with Gasteiger partial charge < -0.3 is 10.6 Å². The third kappa shape index (κ3) is 4.11. The molecule has 0 bridgehead atoms. The average Bonchev–Trinajstić information content (AvgIpc) is 2.81. The fourth-order valence-corrected chi connectivity index (χ4v) is 4.39. The molecule has 0 spiro atoms. The monoisotopic (exact) mass is 352 g/mol. The zero-order valence-corrected chi connectivity index (χ0v) is 14.2. The first-order valence-electron chi connectivity index (χ1n) is 7.24. The molecule has 2 aromatic rings. The maximum Gasteiger partial charge on any atom is 0.224 e. The molecule has 122 valence electrons. The van der Waals surface area contributed by atoms with E-state index in [-0.39, 0.29) is 17.5 Å². The van der Waals surface area contributed by atoms with Gasteiger partial charge in [0, 0.05) is 22.9 Å². The molecular formula is C15H17ClN4O2S. The van der Waals surface area contributed by atoms with Gasteiger partial charge in [0.2, 0.25) is 5.95 Å². The number of nitrogens with one attached hydrogen (secondary N) is 2. The van der Waals surface area contributed by atoms with Crippen LogP contribution in [0.5, 0.6) is 0 Å². The van der Waals surface area contributed by atoms with Crippen molar-refractivity contribution in [1.82, 2.24) is 9.97 Å². The molecular weight excluding hydrogens is 336 g/mol. The maximum absolute atomic E-state index is 11.5. The van der Waals surface area contributed by atoms with Crippen molar-refractivity contribution in [2.75, 3.05) is 22.1 Å². The van der Waals surface area contributed by atoms with Crippen LogP contribution in [0.25, 0.3) is 0 Å². The standard InChI is InChI=1S/C15H17ClN4O2S/c1-10-8-11(16)2-3-13(10)19-14-4-6-17-15(20-14)18-12-5-7-23(21,22)9-12/h2-4,6,8,12H,5,7,9H2,1H3,(H2,17,18,19,20). The molecule has 1 aliphatic heterocycles. The van der Waals surface area contributed by atoms with Gasteiger partial charge in [-0.3, -0.25) is 0 Å². The predicted octanol–water partition coefficient (Wildman–Crippen LogP) is 2.78. The van der Waals surface area contributed by atoms with Crippen LogP contribution >= 0.6 is 11.6 Å². The van der Waals surface area contributed by atoms with Gasteiger partial charge in [-0.1, -0.05) is 11.6 Å². The van der Waals surface area contributed by atoms with E-state index in [1.807, 2.05) is 19.1 Å². The second-order valence-corrected chi connectivity index (χ2v) is 8.26. The van der Waals surface area contributed by atoms with Gasteiger partial charge in [0.05, 0.1) is 11.5 Å². The van der Waals surface area contributed by atoms with E-state index in [4.69, 9.17) is 11.6 Å². The van der Waals surface area contributed by atoms with Crippen molar-refractivity contribution in [1.29, 1.82) is 0 Å². The zero-order valence-electron chi connectivity index (χ0n) is 12.6. The third-order valence-corrected chi connectivity index (χ3v) is 5.68.